The zero-order valence-electron chi connectivity index (χ0n) is 11.4. The standard InChI is InChI=1S/C13H18Cl2N2O2S/c1-8-3-4-9(2)17(7-8)20(18,19)13-11(14)5-10(16)6-12(13)15/h5-6,8-9H,3-4,7,16H2,1-2H3. The molecule has 1 saturated heterocycles. The van der Waals surface area contributed by atoms with Gasteiger partial charge >= 0.3 is 0 Å². The number of anilines is 1. The van der Waals surface area contributed by atoms with E-state index in [4.69, 9.17) is 28.9 Å². The Morgan fingerprint density at radius 3 is 2.30 bits per heavy atom. The second-order valence-electron chi connectivity index (χ2n) is 5.42. The van der Waals surface area contributed by atoms with Crippen molar-refractivity contribution in [2.75, 3.05) is 12.3 Å². The summed E-state index contributed by atoms with van der Waals surface area (Å²) >= 11 is 12.1. The molecule has 0 saturated carbocycles. The summed E-state index contributed by atoms with van der Waals surface area (Å²) in [5.74, 6) is 0.326. The predicted molar refractivity (Wildman–Crippen MR) is 82.6 cm³/mol. The van der Waals surface area contributed by atoms with Gasteiger partial charge in [0, 0.05) is 18.3 Å². The number of rotatable bonds is 2. The summed E-state index contributed by atoms with van der Waals surface area (Å²) in [7, 11) is -3.71. The van der Waals surface area contributed by atoms with E-state index in [-0.39, 0.29) is 21.0 Å². The van der Waals surface area contributed by atoms with Crippen LogP contribution in [-0.4, -0.2) is 25.3 Å². The third-order valence-corrected chi connectivity index (χ3v) is 6.55. The van der Waals surface area contributed by atoms with Crippen LogP contribution < -0.4 is 5.73 Å². The van der Waals surface area contributed by atoms with E-state index >= 15 is 0 Å². The number of nitrogens with zero attached hydrogens (tertiary/aromatic N) is 1. The molecule has 1 fully saturated rings. The molecule has 0 spiro atoms. The van der Waals surface area contributed by atoms with Crippen LogP contribution in [0.4, 0.5) is 5.69 Å². The summed E-state index contributed by atoms with van der Waals surface area (Å²) < 4.78 is 27.1. The number of benzene rings is 1. The van der Waals surface area contributed by atoms with Crippen LogP contribution >= 0.6 is 23.2 Å². The van der Waals surface area contributed by atoms with E-state index in [1.165, 1.54) is 16.4 Å². The maximum Gasteiger partial charge on any atom is 0.246 e. The molecule has 2 N–H and O–H groups in total. The summed E-state index contributed by atoms with van der Waals surface area (Å²) in [6.45, 7) is 4.43. The molecule has 0 radical (unpaired) electrons. The molecule has 20 heavy (non-hydrogen) atoms. The molecule has 2 atom stereocenters. The Balaban J connectivity index is 2.50. The number of sulfonamides is 1. The molecular formula is C13H18Cl2N2O2S. The summed E-state index contributed by atoms with van der Waals surface area (Å²) in [6.07, 6.45) is 1.86. The van der Waals surface area contributed by atoms with E-state index < -0.39 is 10.0 Å². The van der Waals surface area contributed by atoms with Crippen LogP contribution in [0.5, 0.6) is 0 Å². The van der Waals surface area contributed by atoms with Gasteiger partial charge in [-0.1, -0.05) is 30.1 Å². The van der Waals surface area contributed by atoms with Crippen LogP contribution in [0, 0.1) is 5.92 Å². The van der Waals surface area contributed by atoms with E-state index in [1.807, 2.05) is 13.8 Å². The number of piperidine rings is 1. The lowest BCUT2D eigenvalue weighted by Gasteiger charge is -2.36. The second kappa shape index (κ2) is 5.72. The highest BCUT2D eigenvalue weighted by Gasteiger charge is 2.36. The molecule has 7 heteroatoms. The first kappa shape index (κ1) is 15.9. The molecule has 2 rings (SSSR count). The van der Waals surface area contributed by atoms with E-state index in [9.17, 15) is 8.42 Å². The lowest BCUT2D eigenvalue weighted by molar-refractivity contribution is 0.218. The minimum absolute atomic E-state index is 0.0454. The molecule has 2 unspecified atom stereocenters. The van der Waals surface area contributed by atoms with Crippen LogP contribution in [0.15, 0.2) is 17.0 Å². The molecule has 0 amide bonds. The molecular weight excluding hydrogens is 319 g/mol. The first-order chi connectivity index (χ1) is 9.23. The summed E-state index contributed by atoms with van der Waals surface area (Å²) in [4.78, 5) is -0.0454. The molecule has 112 valence electrons. The van der Waals surface area contributed by atoms with Gasteiger partial charge in [0.2, 0.25) is 10.0 Å². The first-order valence-corrected chi connectivity index (χ1v) is 8.69. The quantitative estimate of drug-likeness (QED) is 0.842. The Bertz CT molecular complexity index is 596. The average Bonchev–Trinajstić information content (AvgIpc) is 2.30. The zero-order chi connectivity index (χ0) is 15.1. The van der Waals surface area contributed by atoms with Crippen molar-refractivity contribution in [3.63, 3.8) is 0 Å². The first-order valence-electron chi connectivity index (χ1n) is 6.50. The summed E-state index contributed by atoms with van der Waals surface area (Å²) in [6, 6.07) is 2.78. The topological polar surface area (TPSA) is 63.4 Å². The van der Waals surface area contributed by atoms with Gasteiger partial charge in [0.15, 0.2) is 0 Å². The van der Waals surface area contributed by atoms with Crippen molar-refractivity contribution in [3.05, 3.63) is 22.2 Å². The third-order valence-electron chi connectivity index (χ3n) is 3.65. The van der Waals surface area contributed by atoms with E-state index in [2.05, 4.69) is 0 Å². The van der Waals surface area contributed by atoms with Crippen molar-refractivity contribution in [1.82, 2.24) is 4.31 Å². The SMILES string of the molecule is CC1CCC(C)N(S(=O)(=O)c2c(Cl)cc(N)cc2Cl)C1. The van der Waals surface area contributed by atoms with Crippen LogP contribution in [-0.2, 0) is 10.0 Å². The minimum Gasteiger partial charge on any atom is -0.399 e. The van der Waals surface area contributed by atoms with Crippen molar-refractivity contribution in [2.24, 2.45) is 5.92 Å². The van der Waals surface area contributed by atoms with E-state index in [1.54, 1.807) is 0 Å². The van der Waals surface area contributed by atoms with Gasteiger partial charge in [-0.05, 0) is 37.8 Å². The normalized spacial score (nSPS) is 24.8. The van der Waals surface area contributed by atoms with Crippen LogP contribution in [0.25, 0.3) is 0 Å². The monoisotopic (exact) mass is 336 g/mol. The highest BCUT2D eigenvalue weighted by atomic mass is 35.5. The molecule has 0 aromatic heterocycles. The van der Waals surface area contributed by atoms with E-state index in [0.717, 1.165) is 12.8 Å². The number of halogens is 2. The van der Waals surface area contributed by atoms with Crippen molar-refractivity contribution in [1.29, 1.82) is 0 Å². The third kappa shape index (κ3) is 2.91. The fourth-order valence-electron chi connectivity index (χ4n) is 2.53. The van der Waals surface area contributed by atoms with Gasteiger partial charge in [0.25, 0.3) is 0 Å². The van der Waals surface area contributed by atoms with Gasteiger partial charge in [0.05, 0.1) is 10.0 Å². The molecule has 1 aromatic rings. The van der Waals surface area contributed by atoms with Gasteiger partial charge in [-0.3, -0.25) is 0 Å². The Morgan fingerprint density at radius 2 is 1.75 bits per heavy atom. The van der Waals surface area contributed by atoms with Gasteiger partial charge < -0.3 is 5.73 Å². The molecule has 1 aliphatic rings. The van der Waals surface area contributed by atoms with Crippen molar-refractivity contribution < 1.29 is 8.42 Å². The average molecular weight is 337 g/mol. The fourth-order valence-corrected chi connectivity index (χ4v) is 5.49. The van der Waals surface area contributed by atoms with Gasteiger partial charge in [-0.25, -0.2) is 8.42 Å². The minimum atomic E-state index is -3.71. The highest BCUT2D eigenvalue weighted by molar-refractivity contribution is 7.89. The van der Waals surface area contributed by atoms with Crippen molar-refractivity contribution in [3.8, 4) is 0 Å². The lowest BCUT2D eigenvalue weighted by atomic mass is 9.97. The molecule has 1 aromatic carbocycles. The Labute approximate surface area is 129 Å². The Kier molecular flexibility index (Phi) is 4.54. The van der Waals surface area contributed by atoms with Crippen LogP contribution in [0.3, 0.4) is 0 Å². The largest absolute Gasteiger partial charge is 0.399 e. The Hall–Kier alpha value is -0.490. The predicted octanol–water partition coefficient (Wildman–Crippen LogP) is 3.38. The fraction of sp³-hybridized carbons (Fsp3) is 0.538. The van der Waals surface area contributed by atoms with Crippen molar-refractivity contribution >= 4 is 38.9 Å². The van der Waals surface area contributed by atoms with Gasteiger partial charge in [-0.15, -0.1) is 0 Å². The number of hydrogen-bond donors (Lipinski definition) is 1. The molecule has 0 bridgehead atoms. The maximum atomic E-state index is 12.8. The summed E-state index contributed by atoms with van der Waals surface area (Å²) in [5, 5.41) is 0.140. The van der Waals surface area contributed by atoms with E-state index in [0.29, 0.717) is 18.2 Å². The zero-order valence-corrected chi connectivity index (χ0v) is 13.8. The van der Waals surface area contributed by atoms with Crippen molar-refractivity contribution in [2.45, 2.75) is 37.6 Å². The number of hydrogen-bond acceptors (Lipinski definition) is 3. The highest BCUT2D eigenvalue weighted by Crippen LogP contribution is 2.36. The van der Waals surface area contributed by atoms with Gasteiger partial charge in [0.1, 0.15) is 4.90 Å². The van der Waals surface area contributed by atoms with Crippen LogP contribution in [0.1, 0.15) is 26.7 Å². The second-order valence-corrected chi connectivity index (χ2v) is 8.06. The molecule has 1 heterocycles. The lowest BCUT2D eigenvalue weighted by Crippen LogP contribution is -2.44. The maximum absolute atomic E-state index is 12.8. The molecule has 1 aliphatic heterocycles. The molecule has 0 aliphatic carbocycles. The summed E-state index contributed by atoms with van der Waals surface area (Å²) in [5.41, 5.74) is 5.97. The van der Waals surface area contributed by atoms with Crippen LogP contribution in [0.2, 0.25) is 10.0 Å². The number of nitrogen functional groups attached to an aromatic ring is 1. The Morgan fingerprint density at radius 1 is 1.20 bits per heavy atom. The molecule has 4 nitrogen and oxygen atoms in total. The number of nitrogens with two attached hydrogens (primary N) is 1. The smallest absolute Gasteiger partial charge is 0.246 e. The van der Waals surface area contributed by atoms with Gasteiger partial charge in [-0.2, -0.15) is 4.31 Å².